The largest absolute Gasteiger partial charge is 0.502 e. The number of halogens is 1. The number of rotatable bonds is 4. The smallest absolute Gasteiger partial charge is 0.276 e. The molecule has 7 heteroatoms. The number of amides is 1. The van der Waals surface area contributed by atoms with Crippen molar-refractivity contribution in [2.75, 3.05) is 13.1 Å². The van der Waals surface area contributed by atoms with Crippen LogP contribution >= 0.6 is 0 Å². The van der Waals surface area contributed by atoms with Crippen molar-refractivity contribution in [3.63, 3.8) is 0 Å². The third-order valence-corrected chi connectivity index (χ3v) is 5.57. The Morgan fingerprint density at radius 3 is 2.53 bits per heavy atom. The number of aryl methyl sites for hydroxylation is 1. The normalized spacial score (nSPS) is 17.0. The van der Waals surface area contributed by atoms with Crippen molar-refractivity contribution in [1.82, 2.24) is 14.7 Å². The first-order chi connectivity index (χ1) is 14.4. The van der Waals surface area contributed by atoms with E-state index in [1.54, 1.807) is 11.0 Å². The predicted molar refractivity (Wildman–Crippen MR) is 110 cm³/mol. The number of nitrogens with zero attached hydrogens (tertiary/aromatic N) is 3. The predicted octanol–water partition coefficient (Wildman–Crippen LogP) is 3.25. The van der Waals surface area contributed by atoms with E-state index in [1.807, 2.05) is 44.2 Å². The molecule has 2 aromatic carbocycles. The van der Waals surface area contributed by atoms with Crippen LogP contribution in [0.2, 0.25) is 0 Å². The molecular formula is C23H22FN3O3. The summed E-state index contributed by atoms with van der Waals surface area (Å²) in [4.78, 5) is 26.4. The molecule has 0 radical (unpaired) electrons. The summed E-state index contributed by atoms with van der Waals surface area (Å²) in [6, 6.07) is 13.8. The summed E-state index contributed by atoms with van der Waals surface area (Å²) in [7, 11) is 0. The van der Waals surface area contributed by atoms with Gasteiger partial charge in [0.1, 0.15) is 5.82 Å². The van der Waals surface area contributed by atoms with Crippen LogP contribution in [0.15, 0.2) is 59.5 Å². The highest BCUT2D eigenvalue weighted by molar-refractivity contribution is 5.95. The lowest BCUT2D eigenvalue weighted by Crippen LogP contribution is -2.46. The Morgan fingerprint density at radius 1 is 1.17 bits per heavy atom. The first kappa shape index (κ1) is 19.8. The van der Waals surface area contributed by atoms with Crippen molar-refractivity contribution in [3.05, 3.63) is 93.2 Å². The molecule has 2 unspecified atom stereocenters. The molecule has 1 aliphatic heterocycles. The minimum Gasteiger partial charge on any atom is -0.502 e. The van der Waals surface area contributed by atoms with Gasteiger partial charge in [-0.05, 0) is 37.1 Å². The van der Waals surface area contributed by atoms with Gasteiger partial charge in [0, 0.05) is 19.0 Å². The lowest BCUT2D eigenvalue weighted by Gasteiger charge is -2.39. The maximum Gasteiger partial charge on any atom is 0.276 e. The Morgan fingerprint density at radius 2 is 1.87 bits per heavy atom. The van der Waals surface area contributed by atoms with Crippen molar-refractivity contribution in [3.8, 4) is 5.75 Å². The van der Waals surface area contributed by atoms with Crippen LogP contribution in [-0.2, 0) is 0 Å². The SMILES string of the molecule is CCN1CC(C(c2cccc(C)c2)c2cccc(F)c2)n2ncc(=O)c(O)c2C1=O. The van der Waals surface area contributed by atoms with Crippen molar-refractivity contribution >= 4 is 5.91 Å². The van der Waals surface area contributed by atoms with Gasteiger partial charge in [-0.3, -0.25) is 14.3 Å². The molecule has 0 bridgehead atoms. The van der Waals surface area contributed by atoms with Gasteiger partial charge in [-0.1, -0.05) is 42.0 Å². The molecule has 2 atom stereocenters. The summed E-state index contributed by atoms with van der Waals surface area (Å²) in [6.07, 6.45) is 1.01. The first-order valence-electron chi connectivity index (χ1n) is 9.82. The molecule has 0 aliphatic carbocycles. The Hall–Kier alpha value is -3.48. The van der Waals surface area contributed by atoms with E-state index in [9.17, 15) is 19.1 Å². The molecule has 3 aromatic rings. The number of carbonyl (C=O) groups excluding carboxylic acids is 1. The third kappa shape index (κ3) is 3.36. The van der Waals surface area contributed by atoms with E-state index in [0.717, 1.165) is 22.9 Å². The van der Waals surface area contributed by atoms with Gasteiger partial charge in [-0.2, -0.15) is 5.10 Å². The van der Waals surface area contributed by atoms with Gasteiger partial charge in [-0.25, -0.2) is 4.39 Å². The number of aromatic nitrogens is 2. The van der Waals surface area contributed by atoms with Crippen LogP contribution in [0, 0.1) is 12.7 Å². The topological polar surface area (TPSA) is 75.4 Å². The summed E-state index contributed by atoms with van der Waals surface area (Å²) in [5, 5.41) is 14.6. The average Bonchev–Trinajstić information content (AvgIpc) is 2.72. The molecule has 154 valence electrons. The van der Waals surface area contributed by atoms with Gasteiger partial charge >= 0.3 is 0 Å². The molecule has 1 N–H and O–H groups in total. The highest BCUT2D eigenvalue weighted by Crippen LogP contribution is 2.39. The van der Waals surface area contributed by atoms with Gasteiger partial charge in [0.05, 0.1) is 12.2 Å². The lowest BCUT2D eigenvalue weighted by atomic mass is 9.83. The van der Waals surface area contributed by atoms with E-state index < -0.39 is 23.1 Å². The van der Waals surface area contributed by atoms with Gasteiger partial charge in [0.25, 0.3) is 5.91 Å². The van der Waals surface area contributed by atoms with E-state index in [-0.39, 0.29) is 17.4 Å². The summed E-state index contributed by atoms with van der Waals surface area (Å²) in [6.45, 7) is 4.53. The van der Waals surface area contributed by atoms with Crippen LogP contribution in [0.4, 0.5) is 4.39 Å². The monoisotopic (exact) mass is 407 g/mol. The zero-order chi connectivity index (χ0) is 21.4. The van der Waals surface area contributed by atoms with Crippen molar-refractivity contribution < 1.29 is 14.3 Å². The fraction of sp³-hybridized carbons (Fsp3) is 0.261. The van der Waals surface area contributed by atoms with E-state index in [4.69, 9.17) is 0 Å². The minimum atomic E-state index is -0.704. The first-order valence-corrected chi connectivity index (χ1v) is 9.82. The van der Waals surface area contributed by atoms with E-state index in [0.29, 0.717) is 13.1 Å². The van der Waals surface area contributed by atoms with E-state index in [1.165, 1.54) is 16.8 Å². The van der Waals surface area contributed by atoms with Crippen LogP contribution in [-0.4, -0.2) is 38.8 Å². The highest BCUT2D eigenvalue weighted by atomic mass is 19.1. The van der Waals surface area contributed by atoms with Crippen LogP contribution in [0.1, 0.15) is 46.1 Å². The minimum absolute atomic E-state index is 0.130. The second kappa shape index (κ2) is 7.74. The van der Waals surface area contributed by atoms with Gasteiger partial charge in [-0.15, -0.1) is 0 Å². The molecule has 0 spiro atoms. The molecule has 0 fully saturated rings. The Kier molecular flexibility index (Phi) is 5.11. The maximum atomic E-state index is 14.1. The van der Waals surface area contributed by atoms with Crippen molar-refractivity contribution in [2.24, 2.45) is 0 Å². The summed E-state index contributed by atoms with van der Waals surface area (Å²) in [5.41, 5.74) is 1.87. The Balaban J connectivity index is 1.97. The summed E-state index contributed by atoms with van der Waals surface area (Å²) in [5.74, 6) is -1.77. The van der Waals surface area contributed by atoms with Gasteiger partial charge in [0.15, 0.2) is 11.4 Å². The second-order valence-electron chi connectivity index (χ2n) is 7.51. The molecule has 0 saturated carbocycles. The zero-order valence-corrected chi connectivity index (χ0v) is 16.7. The van der Waals surface area contributed by atoms with Crippen LogP contribution < -0.4 is 5.43 Å². The summed E-state index contributed by atoms with van der Waals surface area (Å²) >= 11 is 0. The molecule has 4 rings (SSSR count). The van der Waals surface area contributed by atoms with Crippen molar-refractivity contribution in [1.29, 1.82) is 0 Å². The zero-order valence-electron chi connectivity index (χ0n) is 16.7. The molecule has 1 amide bonds. The standard InChI is InChI=1S/C23H22FN3O3/c1-3-26-13-18(27-21(23(26)30)22(29)19(28)12-25-27)20(15-7-4-6-14(2)10-15)16-8-5-9-17(24)11-16/h4-12,18,20,29H,3,13H2,1-2H3. The number of likely N-dealkylation sites (N-methyl/N-ethyl adjacent to an activating group) is 1. The molecule has 1 aromatic heterocycles. The molecule has 30 heavy (non-hydrogen) atoms. The fourth-order valence-corrected chi connectivity index (χ4v) is 4.16. The maximum absolute atomic E-state index is 14.1. The number of benzene rings is 2. The number of hydrogen-bond donors (Lipinski definition) is 1. The van der Waals surface area contributed by atoms with E-state index in [2.05, 4.69) is 5.10 Å². The quantitative estimate of drug-likeness (QED) is 0.721. The number of carbonyl (C=O) groups is 1. The molecule has 2 heterocycles. The van der Waals surface area contributed by atoms with Crippen LogP contribution in [0.3, 0.4) is 0 Å². The Bertz CT molecular complexity index is 1130. The average molecular weight is 407 g/mol. The molecule has 1 aliphatic rings. The molecule has 0 saturated heterocycles. The second-order valence-corrected chi connectivity index (χ2v) is 7.51. The van der Waals surface area contributed by atoms with Gasteiger partial charge in [0.2, 0.25) is 5.43 Å². The van der Waals surface area contributed by atoms with Crippen molar-refractivity contribution in [2.45, 2.75) is 25.8 Å². The molecule has 6 nitrogen and oxygen atoms in total. The van der Waals surface area contributed by atoms with Crippen LogP contribution in [0.5, 0.6) is 5.75 Å². The molecular weight excluding hydrogens is 385 g/mol. The van der Waals surface area contributed by atoms with Crippen LogP contribution in [0.25, 0.3) is 0 Å². The highest BCUT2D eigenvalue weighted by Gasteiger charge is 2.39. The summed E-state index contributed by atoms with van der Waals surface area (Å²) < 4.78 is 15.6. The fourth-order valence-electron chi connectivity index (χ4n) is 4.16. The van der Waals surface area contributed by atoms with Gasteiger partial charge < -0.3 is 10.0 Å². The third-order valence-electron chi connectivity index (χ3n) is 5.57. The van der Waals surface area contributed by atoms with E-state index >= 15 is 0 Å². The number of aromatic hydroxyl groups is 1. The lowest BCUT2D eigenvalue weighted by molar-refractivity contribution is 0.0645. The number of fused-ring (bicyclic) bond motifs is 1. The Labute approximate surface area is 173 Å². The number of hydrogen-bond acceptors (Lipinski definition) is 4.